The minimum absolute atomic E-state index is 0.290. The Morgan fingerprint density at radius 1 is 1.21 bits per heavy atom. The summed E-state index contributed by atoms with van der Waals surface area (Å²) in [6.45, 7) is 0.314. The summed E-state index contributed by atoms with van der Waals surface area (Å²) in [5, 5.41) is 13.8. The smallest absolute Gasteiger partial charge is 0.391 e. The molecular weight excluding hydrogens is 257 g/mol. The Bertz CT molecular complexity index is 506. The zero-order valence-electron chi connectivity index (χ0n) is 10.0. The van der Waals surface area contributed by atoms with E-state index in [9.17, 15) is 18.3 Å². The number of benzene rings is 1. The third kappa shape index (κ3) is 3.82. The van der Waals surface area contributed by atoms with Crippen molar-refractivity contribution in [2.24, 2.45) is 0 Å². The number of rotatable bonds is 4. The van der Waals surface area contributed by atoms with Crippen LogP contribution in [0.15, 0.2) is 42.7 Å². The predicted octanol–water partition coefficient (Wildman–Crippen LogP) is 2.51. The van der Waals surface area contributed by atoms with Crippen LogP contribution in [0, 0.1) is 0 Å². The molecule has 19 heavy (non-hydrogen) atoms. The van der Waals surface area contributed by atoms with Crippen molar-refractivity contribution in [3.8, 4) is 0 Å². The molecule has 1 atom stereocenters. The number of nitrogens with zero attached hydrogens (tertiary/aromatic N) is 2. The first-order chi connectivity index (χ1) is 8.95. The van der Waals surface area contributed by atoms with Gasteiger partial charge >= 0.3 is 6.18 Å². The Labute approximate surface area is 108 Å². The topological polar surface area (TPSA) is 38.0 Å². The van der Waals surface area contributed by atoms with Gasteiger partial charge < -0.3 is 5.11 Å². The van der Waals surface area contributed by atoms with E-state index in [-0.39, 0.29) is 6.42 Å². The molecule has 3 nitrogen and oxygen atoms in total. The van der Waals surface area contributed by atoms with Crippen LogP contribution in [0.5, 0.6) is 0 Å². The summed E-state index contributed by atoms with van der Waals surface area (Å²) in [4.78, 5) is 0. The highest BCUT2D eigenvalue weighted by atomic mass is 19.4. The van der Waals surface area contributed by atoms with Crippen LogP contribution in [-0.4, -0.2) is 21.0 Å². The number of aliphatic hydroxyl groups is 1. The number of halogens is 3. The quantitative estimate of drug-likeness (QED) is 0.927. The molecule has 6 heteroatoms. The van der Waals surface area contributed by atoms with Gasteiger partial charge in [-0.3, -0.25) is 4.68 Å². The van der Waals surface area contributed by atoms with E-state index >= 15 is 0 Å². The molecule has 1 N–H and O–H groups in total. The van der Waals surface area contributed by atoms with Crippen molar-refractivity contribution in [2.75, 3.05) is 0 Å². The molecule has 2 rings (SSSR count). The number of alkyl halides is 3. The lowest BCUT2D eigenvalue weighted by Gasteiger charge is -2.12. The Kier molecular flexibility index (Phi) is 3.90. The minimum Gasteiger partial charge on any atom is -0.391 e. The van der Waals surface area contributed by atoms with Gasteiger partial charge in [0.1, 0.15) is 0 Å². The van der Waals surface area contributed by atoms with Crippen molar-refractivity contribution in [3.05, 3.63) is 53.9 Å². The lowest BCUT2D eigenvalue weighted by molar-refractivity contribution is -0.137. The number of aromatic nitrogens is 2. The largest absolute Gasteiger partial charge is 0.416 e. The molecule has 0 aliphatic heterocycles. The highest BCUT2D eigenvalue weighted by Crippen LogP contribution is 2.29. The molecule has 0 aliphatic rings. The van der Waals surface area contributed by atoms with Crippen LogP contribution >= 0.6 is 0 Å². The normalized spacial score (nSPS) is 13.5. The van der Waals surface area contributed by atoms with Crippen molar-refractivity contribution in [2.45, 2.75) is 25.2 Å². The first kappa shape index (κ1) is 13.6. The summed E-state index contributed by atoms with van der Waals surface area (Å²) >= 11 is 0. The summed E-state index contributed by atoms with van der Waals surface area (Å²) in [7, 11) is 0. The van der Waals surface area contributed by atoms with Crippen molar-refractivity contribution in [1.82, 2.24) is 9.78 Å². The van der Waals surface area contributed by atoms with E-state index in [2.05, 4.69) is 5.10 Å². The molecule has 0 fully saturated rings. The average Bonchev–Trinajstić information content (AvgIpc) is 2.81. The Morgan fingerprint density at radius 2 is 1.89 bits per heavy atom. The third-order valence-electron chi connectivity index (χ3n) is 2.71. The van der Waals surface area contributed by atoms with Gasteiger partial charge in [0, 0.05) is 18.8 Å². The van der Waals surface area contributed by atoms with Gasteiger partial charge in [0.2, 0.25) is 0 Å². The van der Waals surface area contributed by atoms with E-state index in [0.29, 0.717) is 12.1 Å². The van der Waals surface area contributed by atoms with Gasteiger partial charge in [0.05, 0.1) is 18.2 Å². The Hall–Kier alpha value is -1.82. The first-order valence-electron chi connectivity index (χ1n) is 5.77. The summed E-state index contributed by atoms with van der Waals surface area (Å²) in [6.07, 6.45) is -1.40. The fourth-order valence-corrected chi connectivity index (χ4v) is 1.79. The van der Waals surface area contributed by atoms with Crippen LogP contribution in [0.4, 0.5) is 13.2 Å². The molecule has 2 aromatic rings. The maximum absolute atomic E-state index is 12.4. The first-order valence-corrected chi connectivity index (χ1v) is 5.77. The highest BCUT2D eigenvalue weighted by molar-refractivity contribution is 5.25. The zero-order valence-corrected chi connectivity index (χ0v) is 10.0. The summed E-state index contributed by atoms with van der Waals surface area (Å²) < 4.78 is 38.7. The van der Waals surface area contributed by atoms with Crippen LogP contribution in [0.3, 0.4) is 0 Å². The maximum Gasteiger partial charge on any atom is 0.416 e. The summed E-state index contributed by atoms with van der Waals surface area (Å²) in [5.41, 5.74) is -0.0227. The number of aliphatic hydroxyl groups excluding tert-OH is 1. The molecule has 1 heterocycles. The molecule has 1 aromatic heterocycles. The second-order valence-corrected chi connectivity index (χ2v) is 4.28. The molecule has 0 saturated heterocycles. The predicted molar refractivity (Wildman–Crippen MR) is 63.4 cm³/mol. The fourth-order valence-electron chi connectivity index (χ4n) is 1.79. The van der Waals surface area contributed by atoms with Gasteiger partial charge in [0.25, 0.3) is 0 Å². The van der Waals surface area contributed by atoms with Crippen LogP contribution < -0.4 is 0 Å². The van der Waals surface area contributed by atoms with E-state index in [1.807, 2.05) is 0 Å². The molecule has 0 spiro atoms. The maximum atomic E-state index is 12.4. The summed E-state index contributed by atoms with van der Waals surface area (Å²) in [5.74, 6) is 0. The van der Waals surface area contributed by atoms with E-state index in [1.165, 1.54) is 12.1 Å². The number of hydrogen-bond acceptors (Lipinski definition) is 2. The average molecular weight is 270 g/mol. The van der Waals surface area contributed by atoms with Gasteiger partial charge in [-0.2, -0.15) is 18.3 Å². The van der Waals surface area contributed by atoms with Gasteiger partial charge in [-0.15, -0.1) is 0 Å². The second-order valence-electron chi connectivity index (χ2n) is 4.28. The Balaban J connectivity index is 1.96. The van der Waals surface area contributed by atoms with Crippen molar-refractivity contribution >= 4 is 0 Å². The highest BCUT2D eigenvalue weighted by Gasteiger charge is 2.29. The lowest BCUT2D eigenvalue weighted by atomic mass is 10.1. The monoisotopic (exact) mass is 270 g/mol. The lowest BCUT2D eigenvalue weighted by Crippen LogP contribution is -2.19. The van der Waals surface area contributed by atoms with Gasteiger partial charge in [-0.05, 0) is 23.8 Å². The second kappa shape index (κ2) is 5.44. The molecular formula is C13H13F3N2O. The van der Waals surface area contributed by atoms with Crippen molar-refractivity contribution in [1.29, 1.82) is 0 Å². The summed E-state index contributed by atoms with van der Waals surface area (Å²) in [6, 6.07) is 6.56. The fraction of sp³-hybridized carbons (Fsp3) is 0.308. The molecule has 1 unspecified atom stereocenters. The SMILES string of the molecule is OC(Cc1ccc(C(F)(F)F)cc1)Cn1cccn1. The van der Waals surface area contributed by atoms with E-state index in [4.69, 9.17) is 0 Å². The van der Waals surface area contributed by atoms with Crippen LogP contribution in [0.2, 0.25) is 0 Å². The number of hydrogen-bond donors (Lipinski definition) is 1. The van der Waals surface area contributed by atoms with Crippen molar-refractivity contribution in [3.63, 3.8) is 0 Å². The molecule has 102 valence electrons. The standard InChI is InChI=1S/C13H13F3N2O/c14-13(15,16)11-4-2-10(3-5-11)8-12(19)9-18-7-1-6-17-18/h1-7,12,19H,8-9H2. The molecule has 1 aromatic carbocycles. The van der Waals surface area contributed by atoms with Crippen LogP contribution in [0.1, 0.15) is 11.1 Å². The van der Waals surface area contributed by atoms with Crippen LogP contribution in [0.25, 0.3) is 0 Å². The third-order valence-corrected chi connectivity index (χ3v) is 2.71. The van der Waals surface area contributed by atoms with Gasteiger partial charge in [-0.25, -0.2) is 0 Å². The minimum atomic E-state index is -4.33. The van der Waals surface area contributed by atoms with Gasteiger partial charge in [0.15, 0.2) is 0 Å². The molecule has 0 amide bonds. The molecule has 0 radical (unpaired) electrons. The zero-order chi connectivity index (χ0) is 13.9. The van der Waals surface area contributed by atoms with E-state index in [0.717, 1.165) is 12.1 Å². The van der Waals surface area contributed by atoms with Crippen LogP contribution in [-0.2, 0) is 19.1 Å². The van der Waals surface area contributed by atoms with E-state index in [1.54, 1.807) is 23.1 Å². The van der Waals surface area contributed by atoms with Crippen molar-refractivity contribution < 1.29 is 18.3 Å². The molecule has 0 bridgehead atoms. The Morgan fingerprint density at radius 3 is 2.42 bits per heavy atom. The molecule has 0 saturated carbocycles. The molecule has 0 aliphatic carbocycles. The van der Waals surface area contributed by atoms with Gasteiger partial charge in [-0.1, -0.05) is 12.1 Å². The van der Waals surface area contributed by atoms with E-state index < -0.39 is 17.8 Å².